The first-order valence-corrected chi connectivity index (χ1v) is 8.39. The molecular formula is C19H23N3O3. The highest BCUT2D eigenvalue weighted by molar-refractivity contribution is 5.91. The van der Waals surface area contributed by atoms with Crippen molar-refractivity contribution in [3.05, 3.63) is 53.4 Å². The average Bonchev–Trinajstić information content (AvgIpc) is 3.05. The monoisotopic (exact) mass is 341 g/mol. The number of hydrogen-bond acceptors (Lipinski definition) is 5. The Morgan fingerprint density at radius 2 is 2.08 bits per heavy atom. The van der Waals surface area contributed by atoms with E-state index in [0.29, 0.717) is 13.1 Å². The number of rotatable bonds is 5. The Morgan fingerprint density at radius 3 is 2.76 bits per heavy atom. The molecule has 0 atom stereocenters. The standard InChI is InChI=1S/C19H23N3O3/c1-15-12-18(25-20-15)14-21-8-10-22(11-9-21)19(23)7-6-16-4-3-5-17(13-16)24-2/h3-7,12-13H,8-11,14H2,1-2H3/b7-6+. The van der Waals surface area contributed by atoms with E-state index >= 15 is 0 Å². The Morgan fingerprint density at radius 1 is 1.28 bits per heavy atom. The van der Waals surface area contributed by atoms with E-state index < -0.39 is 0 Å². The number of nitrogens with zero attached hydrogens (tertiary/aromatic N) is 3. The van der Waals surface area contributed by atoms with Crippen molar-refractivity contribution in [3.63, 3.8) is 0 Å². The lowest BCUT2D eigenvalue weighted by Crippen LogP contribution is -2.47. The lowest BCUT2D eigenvalue weighted by Gasteiger charge is -2.33. The first kappa shape index (κ1) is 17.2. The highest BCUT2D eigenvalue weighted by Crippen LogP contribution is 2.14. The Bertz CT molecular complexity index is 746. The molecule has 0 aliphatic carbocycles. The number of methoxy groups -OCH3 is 1. The third-order valence-electron chi connectivity index (χ3n) is 4.25. The summed E-state index contributed by atoms with van der Waals surface area (Å²) in [7, 11) is 1.63. The molecule has 0 spiro atoms. The summed E-state index contributed by atoms with van der Waals surface area (Å²) in [5.74, 6) is 1.69. The van der Waals surface area contributed by atoms with Crippen molar-refractivity contribution in [3.8, 4) is 5.75 Å². The number of benzene rings is 1. The second-order valence-electron chi connectivity index (χ2n) is 6.15. The Hall–Kier alpha value is -2.60. The van der Waals surface area contributed by atoms with Crippen LogP contribution in [0.4, 0.5) is 0 Å². The van der Waals surface area contributed by atoms with Crippen molar-refractivity contribution in [1.82, 2.24) is 15.0 Å². The quantitative estimate of drug-likeness (QED) is 0.782. The van der Waals surface area contributed by atoms with Gasteiger partial charge in [0.05, 0.1) is 19.3 Å². The second-order valence-corrected chi connectivity index (χ2v) is 6.15. The molecule has 2 heterocycles. The minimum atomic E-state index is 0.0398. The lowest BCUT2D eigenvalue weighted by molar-refractivity contribution is -0.127. The Labute approximate surface area is 147 Å². The molecule has 1 aliphatic heterocycles. The van der Waals surface area contributed by atoms with Gasteiger partial charge in [0.15, 0.2) is 5.76 Å². The predicted molar refractivity (Wildman–Crippen MR) is 95.1 cm³/mol. The number of piperazine rings is 1. The topological polar surface area (TPSA) is 58.8 Å². The van der Waals surface area contributed by atoms with Gasteiger partial charge in [-0.15, -0.1) is 0 Å². The van der Waals surface area contributed by atoms with Gasteiger partial charge < -0.3 is 14.2 Å². The van der Waals surface area contributed by atoms with Gasteiger partial charge in [-0.25, -0.2) is 0 Å². The molecule has 0 N–H and O–H groups in total. The van der Waals surface area contributed by atoms with Crippen LogP contribution in [-0.4, -0.2) is 54.2 Å². The van der Waals surface area contributed by atoms with Crippen molar-refractivity contribution < 1.29 is 14.1 Å². The van der Waals surface area contributed by atoms with Crippen LogP contribution in [0.2, 0.25) is 0 Å². The maximum absolute atomic E-state index is 12.4. The van der Waals surface area contributed by atoms with Crippen LogP contribution in [0.25, 0.3) is 6.08 Å². The summed E-state index contributed by atoms with van der Waals surface area (Å²) in [5, 5.41) is 3.91. The molecule has 0 saturated carbocycles. The summed E-state index contributed by atoms with van der Waals surface area (Å²) in [4.78, 5) is 16.5. The van der Waals surface area contributed by atoms with Gasteiger partial charge in [0, 0.05) is 38.3 Å². The van der Waals surface area contributed by atoms with Gasteiger partial charge in [0.1, 0.15) is 5.75 Å². The first-order chi connectivity index (χ1) is 12.1. The number of carbonyl (C=O) groups is 1. The van der Waals surface area contributed by atoms with Crippen molar-refractivity contribution in [2.24, 2.45) is 0 Å². The largest absolute Gasteiger partial charge is 0.497 e. The molecule has 3 rings (SSSR count). The zero-order chi connectivity index (χ0) is 17.6. The third-order valence-corrected chi connectivity index (χ3v) is 4.25. The summed E-state index contributed by atoms with van der Waals surface area (Å²) in [6.07, 6.45) is 3.46. The Balaban J connectivity index is 1.50. The molecule has 1 amide bonds. The molecule has 6 nitrogen and oxygen atoms in total. The predicted octanol–water partition coefficient (Wildman–Crippen LogP) is 2.35. The second kappa shape index (κ2) is 7.98. The van der Waals surface area contributed by atoms with E-state index in [1.165, 1.54) is 0 Å². The minimum Gasteiger partial charge on any atom is -0.497 e. The van der Waals surface area contributed by atoms with Crippen LogP contribution in [0.5, 0.6) is 5.75 Å². The molecule has 1 aromatic carbocycles. The summed E-state index contributed by atoms with van der Waals surface area (Å²) in [6.45, 7) is 5.75. The maximum atomic E-state index is 12.4. The minimum absolute atomic E-state index is 0.0398. The van der Waals surface area contributed by atoms with Gasteiger partial charge in [-0.2, -0.15) is 0 Å². The normalized spacial score (nSPS) is 15.7. The number of hydrogen-bond donors (Lipinski definition) is 0. The molecule has 2 aromatic rings. The molecule has 1 saturated heterocycles. The fraction of sp³-hybridized carbons (Fsp3) is 0.368. The van der Waals surface area contributed by atoms with Gasteiger partial charge in [-0.05, 0) is 30.7 Å². The van der Waals surface area contributed by atoms with Gasteiger partial charge in [0.2, 0.25) is 5.91 Å². The molecule has 6 heteroatoms. The van der Waals surface area contributed by atoms with E-state index in [4.69, 9.17) is 9.26 Å². The van der Waals surface area contributed by atoms with Gasteiger partial charge in [-0.1, -0.05) is 17.3 Å². The highest BCUT2D eigenvalue weighted by Gasteiger charge is 2.20. The van der Waals surface area contributed by atoms with Gasteiger partial charge >= 0.3 is 0 Å². The summed E-state index contributed by atoms with van der Waals surface area (Å²) in [5.41, 5.74) is 1.85. The zero-order valence-corrected chi connectivity index (χ0v) is 14.6. The van der Waals surface area contributed by atoms with Crippen LogP contribution < -0.4 is 4.74 Å². The number of ether oxygens (including phenoxy) is 1. The van der Waals surface area contributed by atoms with Crippen molar-refractivity contribution >= 4 is 12.0 Å². The molecule has 1 fully saturated rings. The van der Waals surface area contributed by atoms with Crippen LogP contribution in [0.3, 0.4) is 0 Å². The van der Waals surface area contributed by atoms with E-state index in [1.54, 1.807) is 13.2 Å². The third kappa shape index (κ3) is 4.70. The first-order valence-electron chi connectivity index (χ1n) is 8.39. The molecule has 1 aromatic heterocycles. The molecule has 132 valence electrons. The van der Waals surface area contributed by atoms with E-state index in [9.17, 15) is 4.79 Å². The average molecular weight is 341 g/mol. The SMILES string of the molecule is COc1cccc(/C=C/C(=O)N2CCN(Cc3cc(C)no3)CC2)c1. The number of carbonyl (C=O) groups excluding carboxylic acids is 1. The fourth-order valence-corrected chi connectivity index (χ4v) is 2.86. The number of aromatic nitrogens is 1. The molecule has 0 unspecified atom stereocenters. The Kier molecular flexibility index (Phi) is 5.50. The molecule has 0 bridgehead atoms. The van der Waals surface area contributed by atoms with E-state index in [1.807, 2.05) is 48.2 Å². The van der Waals surface area contributed by atoms with Crippen molar-refractivity contribution in [2.45, 2.75) is 13.5 Å². The van der Waals surface area contributed by atoms with Gasteiger partial charge in [-0.3, -0.25) is 9.69 Å². The fourth-order valence-electron chi connectivity index (χ4n) is 2.86. The van der Waals surface area contributed by atoms with Crippen molar-refractivity contribution in [1.29, 1.82) is 0 Å². The zero-order valence-electron chi connectivity index (χ0n) is 14.6. The number of aryl methyl sites for hydroxylation is 1. The molecule has 0 radical (unpaired) electrons. The van der Waals surface area contributed by atoms with Crippen molar-refractivity contribution in [2.75, 3.05) is 33.3 Å². The molecule has 25 heavy (non-hydrogen) atoms. The van der Waals surface area contributed by atoms with Crippen LogP contribution >= 0.6 is 0 Å². The van der Waals surface area contributed by atoms with Crippen LogP contribution in [0.1, 0.15) is 17.0 Å². The van der Waals surface area contributed by atoms with Crippen LogP contribution in [-0.2, 0) is 11.3 Å². The molecular weight excluding hydrogens is 318 g/mol. The van der Waals surface area contributed by atoms with Gasteiger partial charge in [0.25, 0.3) is 0 Å². The van der Waals surface area contributed by atoms with E-state index in [2.05, 4.69) is 10.1 Å². The van der Waals surface area contributed by atoms with E-state index in [-0.39, 0.29) is 5.91 Å². The van der Waals surface area contributed by atoms with Crippen LogP contribution in [0.15, 0.2) is 40.9 Å². The molecule has 1 aliphatic rings. The number of amides is 1. The van der Waals surface area contributed by atoms with E-state index in [0.717, 1.165) is 42.4 Å². The summed E-state index contributed by atoms with van der Waals surface area (Å²) in [6, 6.07) is 9.60. The summed E-state index contributed by atoms with van der Waals surface area (Å²) < 4.78 is 10.4. The maximum Gasteiger partial charge on any atom is 0.246 e. The smallest absolute Gasteiger partial charge is 0.246 e. The highest BCUT2D eigenvalue weighted by atomic mass is 16.5. The van der Waals surface area contributed by atoms with Crippen LogP contribution in [0, 0.1) is 6.92 Å². The summed E-state index contributed by atoms with van der Waals surface area (Å²) >= 11 is 0. The lowest BCUT2D eigenvalue weighted by atomic mass is 10.2.